The molecule has 1 N–H and O–H groups in total. The normalized spacial score (nSPS) is 33.0. The summed E-state index contributed by atoms with van der Waals surface area (Å²) in [4.78, 5) is 11.7. The van der Waals surface area contributed by atoms with Crippen LogP contribution in [-0.4, -0.2) is 36.0 Å². The Hall–Kier alpha value is -0.870. The van der Waals surface area contributed by atoms with E-state index in [0.29, 0.717) is 24.0 Å². The molecule has 23 heavy (non-hydrogen) atoms. The first-order chi connectivity index (χ1) is 11.0. The predicted molar refractivity (Wildman–Crippen MR) is 90.1 cm³/mol. The van der Waals surface area contributed by atoms with Gasteiger partial charge in [-0.15, -0.1) is 0 Å². The second-order valence-corrected chi connectivity index (χ2v) is 7.20. The van der Waals surface area contributed by atoms with E-state index in [9.17, 15) is 9.90 Å². The van der Waals surface area contributed by atoms with E-state index >= 15 is 0 Å². The van der Waals surface area contributed by atoms with Crippen molar-refractivity contribution in [3.05, 3.63) is 11.6 Å². The van der Waals surface area contributed by atoms with E-state index in [0.717, 1.165) is 32.1 Å². The highest BCUT2D eigenvalue weighted by Crippen LogP contribution is 2.49. The van der Waals surface area contributed by atoms with Gasteiger partial charge in [-0.2, -0.15) is 0 Å². The van der Waals surface area contributed by atoms with Crippen LogP contribution in [0.4, 0.5) is 0 Å². The van der Waals surface area contributed by atoms with E-state index in [-0.39, 0.29) is 24.3 Å². The summed E-state index contributed by atoms with van der Waals surface area (Å²) in [6.07, 6.45) is 9.71. The number of ether oxygens (including phenoxy) is 2. The van der Waals surface area contributed by atoms with Crippen molar-refractivity contribution >= 4 is 5.97 Å². The Morgan fingerprint density at radius 1 is 1.39 bits per heavy atom. The van der Waals surface area contributed by atoms with Crippen LogP contribution in [0.5, 0.6) is 0 Å². The van der Waals surface area contributed by atoms with Gasteiger partial charge in [0.15, 0.2) is 0 Å². The van der Waals surface area contributed by atoms with Gasteiger partial charge >= 0.3 is 5.97 Å². The first kappa shape index (κ1) is 18.5. The van der Waals surface area contributed by atoms with Gasteiger partial charge in [-0.3, -0.25) is 0 Å². The molecule has 2 rings (SSSR count). The largest absolute Gasteiger partial charge is 0.463 e. The summed E-state index contributed by atoms with van der Waals surface area (Å²) in [5.41, 5.74) is 0.623. The van der Waals surface area contributed by atoms with Gasteiger partial charge in [-0.25, -0.2) is 4.79 Å². The van der Waals surface area contributed by atoms with Crippen LogP contribution >= 0.6 is 0 Å². The molecule has 1 saturated heterocycles. The van der Waals surface area contributed by atoms with Crippen LogP contribution in [0.2, 0.25) is 0 Å². The molecule has 1 heterocycles. The number of esters is 1. The lowest BCUT2D eigenvalue weighted by Crippen LogP contribution is -2.46. The molecule has 1 saturated carbocycles. The van der Waals surface area contributed by atoms with E-state index in [1.165, 1.54) is 12.8 Å². The van der Waals surface area contributed by atoms with Gasteiger partial charge in [0.25, 0.3) is 0 Å². The maximum Gasteiger partial charge on any atom is 0.333 e. The van der Waals surface area contributed by atoms with Crippen molar-refractivity contribution in [2.24, 2.45) is 11.8 Å². The van der Waals surface area contributed by atoms with Crippen molar-refractivity contribution < 1.29 is 19.4 Å². The molecule has 4 heteroatoms. The summed E-state index contributed by atoms with van der Waals surface area (Å²) in [5, 5.41) is 9.55. The van der Waals surface area contributed by atoms with Crippen molar-refractivity contribution in [2.75, 3.05) is 13.2 Å². The van der Waals surface area contributed by atoms with Crippen molar-refractivity contribution in [1.29, 1.82) is 0 Å². The molecule has 1 aliphatic heterocycles. The zero-order valence-electron chi connectivity index (χ0n) is 14.8. The second-order valence-electron chi connectivity index (χ2n) is 7.20. The molecule has 2 fully saturated rings. The zero-order valence-corrected chi connectivity index (χ0v) is 14.8. The minimum Gasteiger partial charge on any atom is -0.463 e. The average molecular weight is 324 g/mol. The van der Waals surface area contributed by atoms with Crippen LogP contribution in [0.25, 0.3) is 0 Å². The summed E-state index contributed by atoms with van der Waals surface area (Å²) in [5.74, 6) is 0.532. The van der Waals surface area contributed by atoms with Gasteiger partial charge in [-0.05, 0) is 64.2 Å². The summed E-state index contributed by atoms with van der Waals surface area (Å²) >= 11 is 0. The van der Waals surface area contributed by atoms with Crippen molar-refractivity contribution in [2.45, 2.75) is 77.4 Å². The van der Waals surface area contributed by atoms with Crippen molar-refractivity contribution in [3.8, 4) is 0 Å². The quantitative estimate of drug-likeness (QED) is 0.599. The minimum absolute atomic E-state index is 0.0449. The van der Waals surface area contributed by atoms with Gasteiger partial charge < -0.3 is 14.6 Å². The van der Waals surface area contributed by atoms with Crippen LogP contribution in [0, 0.1) is 11.8 Å². The van der Waals surface area contributed by atoms with Gasteiger partial charge in [0.1, 0.15) is 0 Å². The summed E-state index contributed by atoms with van der Waals surface area (Å²) in [6.45, 7) is 6.41. The topological polar surface area (TPSA) is 55.8 Å². The van der Waals surface area contributed by atoms with E-state index in [1.807, 2.05) is 19.9 Å². The fourth-order valence-electron chi connectivity index (χ4n) is 4.34. The highest BCUT2D eigenvalue weighted by Gasteiger charge is 2.48. The zero-order chi connectivity index (χ0) is 16.9. The lowest BCUT2D eigenvalue weighted by molar-refractivity contribution is -0.158. The van der Waals surface area contributed by atoms with E-state index < -0.39 is 0 Å². The predicted octanol–water partition coefficient (Wildman–Crippen LogP) is 3.62. The Kier molecular flexibility index (Phi) is 6.66. The molecule has 2 aliphatic rings. The van der Waals surface area contributed by atoms with Crippen LogP contribution in [0.15, 0.2) is 11.6 Å². The van der Waals surface area contributed by atoms with Crippen molar-refractivity contribution in [3.63, 3.8) is 0 Å². The molecule has 0 unspecified atom stereocenters. The third-order valence-corrected chi connectivity index (χ3v) is 5.58. The number of carbonyl (C=O) groups excluding carboxylic acids is 1. The van der Waals surface area contributed by atoms with Crippen molar-refractivity contribution in [1.82, 2.24) is 0 Å². The molecule has 0 aromatic heterocycles. The number of aliphatic hydroxyl groups excluding tert-OH is 1. The molecule has 4 nitrogen and oxygen atoms in total. The van der Waals surface area contributed by atoms with Crippen LogP contribution in [-0.2, 0) is 14.3 Å². The molecular formula is C19H32O4. The Morgan fingerprint density at radius 2 is 2.09 bits per heavy atom. The molecule has 1 aliphatic carbocycles. The summed E-state index contributed by atoms with van der Waals surface area (Å²) in [7, 11) is 0. The maximum atomic E-state index is 11.7. The maximum absolute atomic E-state index is 11.7. The molecule has 132 valence electrons. The highest BCUT2D eigenvalue weighted by molar-refractivity contribution is 5.87. The molecule has 4 atom stereocenters. The smallest absolute Gasteiger partial charge is 0.333 e. The number of hydrogen-bond donors (Lipinski definition) is 1. The Morgan fingerprint density at radius 3 is 2.74 bits per heavy atom. The molecule has 0 radical (unpaired) electrons. The SMILES string of the molecule is CCOC(=O)/C(C)=C/C[C@H]1CCC[C@]2(CCC[C@@H]2[C@@H](C)CO)O1. The first-order valence-electron chi connectivity index (χ1n) is 9.15. The van der Waals surface area contributed by atoms with Crippen LogP contribution < -0.4 is 0 Å². The highest BCUT2D eigenvalue weighted by atomic mass is 16.5. The fraction of sp³-hybridized carbons (Fsp3) is 0.842. The molecule has 0 aromatic carbocycles. The van der Waals surface area contributed by atoms with E-state index in [2.05, 4.69) is 6.92 Å². The van der Waals surface area contributed by atoms with E-state index in [4.69, 9.17) is 9.47 Å². The average Bonchev–Trinajstić information content (AvgIpc) is 2.94. The summed E-state index contributed by atoms with van der Waals surface area (Å²) < 4.78 is 11.6. The molecular weight excluding hydrogens is 292 g/mol. The number of hydrogen-bond acceptors (Lipinski definition) is 4. The minimum atomic E-state index is -0.231. The lowest BCUT2D eigenvalue weighted by Gasteiger charge is -2.44. The fourth-order valence-corrected chi connectivity index (χ4v) is 4.34. The summed E-state index contributed by atoms with van der Waals surface area (Å²) in [6, 6.07) is 0. The van der Waals surface area contributed by atoms with Gasteiger partial charge in [0.05, 0.1) is 18.3 Å². The Labute approximate surface area is 140 Å². The Balaban J connectivity index is 1.98. The van der Waals surface area contributed by atoms with Crippen LogP contribution in [0.3, 0.4) is 0 Å². The second kappa shape index (κ2) is 8.29. The van der Waals surface area contributed by atoms with Gasteiger partial charge in [0, 0.05) is 12.2 Å². The third kappa shape index (κ3) is 4.36. The van der Waals surface area contributed by atoms with Gasteiger partial charge in [0.2, 0.25) is 0 Å². The standard InChI is InChI=1S/C19H32O4/c1-4-22-18(21)14(2)9-10-16-7-5-11-19(23-16)12-6-8-17(19)15(3)13-20/h9,15-17,20H,4-8,10-13H2,1-3H3/b14-9+/t15-,16+,17+,19+/m0/s1. The first-order valence-corrected chi connectivity index (χ1v) is 9.15. The monoisotopic (exact) mass is 324 g/mol. The number of aliphatic hydroxyl groups is 1. The Bertz CT molecular complexity index is 431. The van der Waals surface area contributed by atoms with Crippen LogP contribution in [0.1, 0.15) is 65.7 Å². The van der Waals surface area contributed by atoms with E-state index in [1.54, 1.807) is 0 Å². The number of rotatable bonds is 6. The molecule has 0 aromatic rings. The molecule has 0 amide bonds. The van der Waals surface area contributed by atoms with Gasteiger partial charge in [-0.1, -0.05) is 19.4 Å². The molecule has 1 spiro atoms. The molecule has 0 bridgehead atoms. The number of carbonyl (C=O) groups is 1. The third-order valence-electron chi connectivity index (χ3n) is 5.58. The lowest BCUT2D eigenvalue weighted by atomic mass is 9.76.